The maximum Gasteiger partial charge on any atom is 0.249 e. The number of nitrogens with one attached hydrogen (secondary N) is 2. The van der Waals surface area contributed by atoms with Crippen LogP contribution in [0.2, 0.25) is 0 Å². The minimum absolute atomic E-state index is 0.0426. The molecular formula is C9H13N3O. The first-order valence-corrected chi connectivity index (χ1v) is 4.33. The first kappa shape index (κ1) is 8.16. The zero-order valence-corrected chi connectivity index (χ0v) is 8.01. The van der Waals surface area contributed by atoms with Crippen LogP contribution in [0.25, 0.3) is 0 Å². The van der Waals surface area contributed by atoms with Crippen LogP contribution in [0, 0.1) is 6.92 Å². The Bertz CT molecular complexity index is 396. The van der Waals surface area contributed by atoms with Crippen molar-refractivity contribution in [2.24, 2.45) is 0 Å². The lowest BCUT2D eigenvalue weighted by molar-refractivity contribution is 0.797. The molecule has 1 aromatic rings. The highest BCUT2D eigenvalue weighted by Gasteiger charge is 2.24. The molecule has 0 amide bonds. The van der Waals surface area contributed by atoms with Crippen molar-refractivity contribution in [3.05, 3.63) is 22.0 Å². The number of fused-ring (bicyclic) bond motifs is 1. The van der Waals surface area contributed by atoms with Gasteiger partial charge in [-0.15, -0.1) is 0 Å². The molecular weight excluding hydrogens is 166 g/mol. The number of aromatic nitrogens is 1. The molecule has 0 spiro atoms. The van der Waals surface area contributed by atoms with Gasteiger partial charge in [0.1, 0.15) is 5.82 Å². The molecule has 1 aliphatic rings. The van der Waals surface area contributed by atoms with Crippen molar-refractivity contribution in [2.75, 3.05) is 17.3 Å². The highest BCUT2D eigenvalue weighted by molar-refractivity contribution is 5.74. The zero-order valence-electron chi connectivity index (χ0n) is 8.01. The summed E-state index contributed by atoms with van der Waals surface area (Å²) in [6.07, 6.45) is 0.242. The Hall–Kier alpha value is -1.45. The fourth-order valence-corrected chi connectivity index (χ4v) is 1.62. The van der Waals surface area contributed by atoms with Gasteiger partial charge in [0.05, 0.1) is 11.9 Å². The average Bonchev–Trinajstić information content (AvgIpc) is 2.32. The summed E-state index contributed by atoms with van der Waals surface area (Å²) in [5.74, 6) is 0.887. The normalized spacial score (nSPS) is 19.9. The van der Waals surface area contributed by atoms with E-state index in [1.54, 1.807) is 6.07 Å². The molecule has 2 rings (SSSR count). The molecule has 1 unspecified atom stereocenters. The number of rotatable bonds is 0. The molecule has 70 valence electrons. The van der Waals surface area contributed by atoms with E-state index < -0.39 is 0 Å². The quantitative estimate of drug-likeness (QED) is 0.622. The van der Waals surface area contributed by atoms with Crippen molar-refractivity contribution in [1.29, 1.82) is 0 Å². The van der Waals surface area contributed by atoms with Crippen LogP contribution in [0.1, 0.15) is 12.5 Å². The number of H-pyrrole nitrogens is 1. The third-order valence-corrected chi connectivity index (χ3v) is 2.51. The Morgan fingerprint density at radius 3 is 2.92 bits per heavy atom. The monoisotopic (exact) mass is 179 g/mol. The van der Waals surface area contributed by atoms with E-state index in [9.17, 15) is 4.79 Å². The second-order valence-corrected chi connectivity index (χ2v) is 3.47. The molecule has 4 nitrogen and oxygen atoms in total. The Morgan fingerprint density at radius 1 is 1.54 bits per heavy atom. The lowest BCUT2D eigenvalue weighted by atomic mass is 10.2. The van der Waals surface area contributed by atoms with Gasteiger partial charge in [0.25, 0.3) is 0 Å². The summed E-state index contributed by atoms with van der Waals surface area (Å²) in [6.45, 7) is 3.99. The Kier molecular flexibility index (Phi) is 1.58. The summed E-state index contributed by atoms with van der Waals surface area (Å²) in [5, 5.41) is 3.30. The summed E-state index contributed by atoms with van der Waals surface area (Å²) in [6, 6.07) is 1.61. The minimum atomic E-state index is -0.0426. The van der Waals surface area contributed by atoms with Crippen molar-refractivity contribution in [1.82, 2.24) is 4.98 Å². The van der Waals surface area contributed by atoms with Gasteiger partial charge in [0.15, 0.2) is 0 Å². The van der Waals surface area contributed by atoms with Gasteiger partial charge in [0, 0.05) is 13.1 Å². The van der Waals surface area contributed by atoms with Crippen molar-refractivity contribution in [3.63, 3.8) is 0 Å². The number of aryl methyl sites for hydroxylation is 1. The number of aromatic amines is 1. The van der Waals surface area contributed by atoms with Crippen LogP contribution in [0.15, 0.2) is 10.9 Å². The first-order valence-electron chi connectivity index (χ1n) is 4.33. The average molecular weight is 179 g/mol. The first-order chi connectivity index (χ1) is 6.09. The summed E-state index contributed by atoms with van der Waals surface area (Å²) in [7, 11) is 1.96. The highest BCUT2D eigenvalue weighted by atomic mass is 16.1. The van der Waals surface area contributed by atoms with Crippen LogP contribution in [0.3, 0.4) is 0 Å². The number of pyridine rings is 1. The molecule has 1 aromatic heterocycles. The van der Waals surface area contributed by atoms with Crippen LogP contribution in [0.4, 0.5) is 11.5 Å². The topological polar surface area (TPSA) is 48.1 Å². The number of hydrogen-bond donors (Lipinski definition) is 2. The van der Waals surface area contributed by atoms with E-state index in [0.717, 1.165) is 17.1 Å². The predicted molar refractivity (Wildman–Crippen MR) is 53.3 cm³/mol. The molecule has 2 N–H and O–H groups in total. The van der Waals surface area contributed by atoms with Crippen molar-refractivity contribution >= 4 is 11.5 Å². The maximum atomic E-state index is 11.2. The van der Waals surface area contributed by atoms with Crippen LogP contribution in [-0.4, -0.2) is 18.2 Å². The highest BCUT2D eigenvalue weighted by Crippen LogP contribution is 2.32. The van der Waals surface area contributed by atoms with E-state index in [0.29, 0.717) is 0 Å². The zero-order chi connectivity index (χ0) is 9.59. The molecule has 1 atom stereocenters. The maximum absolute atomic E-state index is 11.2. The van der Waals surface area contributed by atoms with E-state index in [2.05, 4.69) is 17.2 Å². The van der Waals surface area contributed by atoms with Gasteiger partial charge in [-0.2, -0.15) is 0 Å². The van der Waals surface area contributed by atoms with Gasteiger partial charge in [-0.05, 0) is 19.4 Å². The molecule has 0 radical (unpaired) electrons. The molecule has 0 aliphatic carbocycles. The van der Waals surface area contributed by atoms with Gasteiger partial charge in [-0.1, -0.05) is 0 Å². The SMILES string of the molecule is Cc1cc(=O)[nH]c2c1NC(C)N2C. The minimum Gasteiger partial charge on any atom is -0.362 e. The Morgan fingerprint density at radius 2 is 2.23 bits per heavy atom. The molecule has 0 bridgehead atoms. The molecule has 0 saturated heterocycles. The number of nitrogens with zero attached hydrogens (tertiary/aromatic N) is 1. The largest absolute Gasteiger partial charge is 0.362 e. The molecule has 1 aliphatic heterocycles. The van der Waals surface area contributed by atoms with Crippen molar-refractivity contribution < 1.29 is 0 Å². The van der Waals surface area contributed by atoms with Gasteiger partial charge in [-0.25, -0.2) is 0 Å². The molecule has 0 aromatic carbocycles. The summed E-state index contributed by atoms with van der Waals surface area (Å²) in [5.41, 5.74) is 1.99. The molecule has 0 fully saturated rings. The third-order valence-electron chi connectivity index (χ3n) is 2.51. The van der Waals surface area contributed by atoms with E-state index in [4.69, 9.17) is 0 Å². The third kappa shape index (κ3) is 1.09. The molecule has 4 heteroatoms. The summed E-state index contributed by atoms with van der Waals surface area (Å²) < 4.78 is 0. The smallest absolute Gasteiger partial charge is 0.249 e. The second kappa shape index (κ2) is 2.52. The second-order valence-electron chi connectivity index (χ2n) is 3.47. The molecule has 0 saturated carbocycles. The van der Waals surface area contributed by atoms with Gasteiger partial charge < -0.3 is 15.2 Å². The van der Waals surface area contributed by atoms with Crippen LogP contribution in [-0.2, 0) is 0 Å². The van der Waals surface area contributed by atoms with E-state index in [1.165, 1.54) is 0 Å². The molecule has 13 heavy (non-hydrogen) atoms. The van der Waals surface area contributed by atoms with Crippen molar-refractivity contribution in [2.45, 2.75) is 20.0 Å². The van der Waals surface area contributed by atoms with Crippen LogP contribution in [0.5, 0.6) is 0 Å². The van der Waals surface area contributed by atoms with E-state index in [-0.39, 0.29) is 11.7 Å². The number of anilines is 2. The van der Waals surface area contributed by atoms with Gasteiger partial charge in [0.2, 0.25) is 5.56 Å². The van der Waals surface area contributed by atoms with E-state index in [1.807, 2.05) is 18.9 Å². The summed E-state index contributed by atoms with van der Waals surface area (Å²) >= 11 is 0. The van der Waals surface area contributed by atoms with Crippen molar-refractivity contribution in [3.8, 4) is 0 Å². The predicted octanol–water partition coefficient (Wildman–Crippen LogP) is 0.891. The van der Waals surface area contributed by atoms with Crippen LogP contribution >= 0.6 is 0 Å². The Balaban J connectivity index is 2.64. The Labute approximate surface area is 76.6 Å². The lowest BCUT2D eigenvalue weighted by Crippen LogP contribution is -2.29. The lowest BCUT2D eigenvalue weighted by Gasteiger charge is -2.16. The van der Waals surface area contributed by atoms with Gasteiger partial charge in [-0.3, -0.25) is 4.79 Å². The van der Waals surface area contributed by atoms with Gasteiger partial charge >= 0.3 is 0 Å². The van der Waals surface area contributed by atoms with Crippen LogP contribution < -0.4 is 15.8 Å². The molecule has 2 heterocycles. The standard InChI is InChI=1S/C9H13N3O/c1-5-4-7(13)11-9-8(5)10-6(2)12(9)3/h4,6,10H,1-3H3,(H,11,13). The number of hydrogen-bond acceptors (Lipinski definition) is 3. The fourth-order valence-electron chi connectivity index (χ4n) is 1.62. The van der Waals surface area contributed by atoms with E-state index >= 15 is 0 Å². The summed E-state index contributed by atoms with van der Waals surface area (Å²) in [4.78, 5) is 16.0. The fraction of sp³-hybridized carbons (Fsp3) is 0.444.